The predicted octanol–water partition coefficient (Wildman–Crippen LogP) is 2.32. The Morgan fingerprint density at radius 3 is 2.86 bits per heavy atom. The van der Waals surface area contributed by atoms with Gasteiger partial charge in [-0.1, -0.05) is 30.3 Å². The van der Waals surface area contributed by atoms with Crippen molar-refractivity contribution in [2.75, 3.05) is 5.32 Å². The number of aryl methyl sites for hydroxylation is 1. The summed E-state index contributed by atoms with van der Waals surface area (Å²) in [5.41, 5.74) is 4.38. The molecule has 21 heavy (non-hydrogen) atoms. The van der Waals surface area contributed by atoms with Gasteiger partial charge < -0.3 is 10.4 Å². The van der Waals surface area contributed by atoms with Gasteiger partial charge in [0.2, 0.25) is 0 Å². The highest BCUT2D eigenvalue weighted by Gasteiger charge is 2.22. The summed E-state index contributed by atoms with van der Waals surface area (Å²) in [5.74, 6) is 0.764. The molecule has 0 fully saturated rings. The second kappa shape index (κ2) is 4.43. The van der Waals surface area contributed by atoms with Crippen LogP contribution in [-0.2, 0) is 0 Å². The molecule has 0 amide bonds. The monoisotopic (exact) mass is 278 g/mol. The van der Waals surface area contributed by atoms with E-state index in [9.17, 15) is 5.11 Å². The van der Waals surface area contributed by atoms with Crippen LogP contribution in [0.2, 0.25) is 0 Å². The van der Waals surface area contributed by atoms with Gasteiger partial charge in [0.1, 0.15) is 5.82 Å². The molecular weight excluding hydrogens is 264 g/mol. The van der Waals surface area contributed by atoms with E-state index < -0.39 is 6.23 Å². The van der Waals surface area contributed by atoms with Crippen molar-refractivity contribution >= 4 is 23.1 Å². The highest BCUT2D eigenvalue weighted by Crippen LogP contribution is 2.31. The van der Waals surface area contributed by atoms with Gasteiger partial charge in [0.05, 0.1) is 5.69 Å². The lowest BCUT2D eigenvalue weighted by molar-refractivity contribution is 0.260. The van der Waals surface area contributed by atoms with Gasteiger partial charge in [-0.05, 0) is 18.6 Å². The van der Waals surface area contributed by atoms with Crippen molar-refractivity contribution in [3.63, 3.8) is 0 Å². The lowest BCUT2D eigenvalue weighted by Gasteiger charge is -2.24. The average Bonchev–Trinajstić information content (AvgIpc) is 2.88. The van der Waals surface area contributed by atoms with Crippen LogP contribution in [0.5, 0.6) is 0 Å². The van der Waals surface area contributed by atoms with Crippen molar-refractivity contribution in [2.45, 2.75) is 13.2 Å². The maximum absolute atomic E-state index is 10.4. The maximum Gasteiger partial charge on any atom is 0.157 e. The van der Waals surface area contributed by atoms with Crippen LogP contribution in [0, 0.1) is 6.92 Å². The van der Waals surface area contributed by atoms with E-state index in [4.69, 9.17) is 0 Å². The largest absolute Gasteiger partial charge is 0.369 e. The average molecular weight is 278 g/mol. The number of aromatic nitrogens is 3. The molecular formula is C16H14N4O. The first-order valence-electron chi connectivity index (χ1n) is 6.79. The first kappa shape index (κ1) is 12.1. The molecule has 4 rings (SSSR count). The molecule has 3 heterocycles. The number of aliphatic hydroxyl groups is 1. The zero-order valence-electron chi connectivity index (χ0n) is 11.5. The molecule has 0 spiro atoms. The molecule has 1 aliphatic rings. The van der Waals surface area contributed by atoms with Gasteiger partial charge in [-0.25, -0.2) is 4.98 Å². The van der Waals surface area contributed by atoms with E-state index in [1.807, 2.05) is 49.4 Å². The van der Waals surface area contributed by atoms with E-state index in [-0.39, 0.29) is 0 Å². The Morgan fingerprint density at radius 1 is 1.24 bits per heavy atom. The van der Waals surface area contributed by atoms with Crippen LogP contribution in [0.1, 0.15) is 16.8 Å². The Kier molecular flexibility index (Phi) is 2.55. The zero-order valence-corrected chi connectivity index (χ0v) is 11.5. The number of benzene rings is 1. The normalized spacial score (nSPS) is 17.2. The molecule has 0 saturated carbocycles. The minimum Gasteiger partial charge on any atom is -0.369 e. The highest BCUT2D eigenvalue weighted by atomic mass is 16.3. The molecule has 0 aliphatic carbocycles. The van der Waals surface area contributed by atoms with Crippen molar-refractivity contribution in [1.82, 2.24) is 14.6 Å². The molecule has 0 bridgehead atoms. The first-order chi connectivity index (χ1) is 10.2. The fraction of sp³-hybridized carbons (Fsp3) is 0.125. The third-order valence-electron chi connectivity index (χ3n) is 3.62. The van der Waals surface area contributed by atoms with E-state index in [1.165, 1.54) is 0 Å². The number of nitrogens with one attached hydrogen (secondary N) is 1. The highest BCUT2D eigenvalue weighted by molar-refractivity contribution is 5.90. The van der Waals surface area contributed by atoms with Gasteiger partial charge in [0.15, 0.2) is 11.9 Å². The summed E-state index contributed by atoms with van der Waals surface area (Å²) in [6.45, 7) is 1.92. The summed E-state index contributed by atoms with van der Waals surface area (Å²) in [4.78, 5) is 4.40. The number of rotatable bonds is 1. The fourth-order valence-electron chi connectivity index (χ4n) is 2.64. The number of hydrogen-bond donors (Lipinski definition) is 2. The van der Waals surface area contributed by atoms with Gasteiger partial charge in [-0.15, -0.1) is 0 Å². The van der Waals surface area contributed by atoms with Crippen molar-refractivity contribution in [1.29, 1.82) is 0 Å². The maximum atomic E-state index is 10.4. The molecule has 0 radical (unpaired) electrons. The molecule has 1 aliphatic heterocycles. The number of anilines is 1. The second-order valence-electron chi connectivity index (χ2n) is 5.13. The fourth-order valence-corrected chi connectivity index (χ4v) is 2.64. The summed E-state index contributed by atoms with van der Waals surface area (Å²) >= 11 is 0. The van der Waals surface area contributed by atoms with Crippen molar-refractivity contribution in [2.24, 2.45) is 0 Å². The lowest BCUT2D eigenvalue weighted by atomic mass is 9.99. The van der Waals surface area contributed by atoms with Crippen LogP contribution in [0.25, 0.3) is 17.3 Å². The van der Waals surface area contributed by atoms with E-state index >= 15 is 0 Å². The van der Waals surface area contributed by atoms with Crippen molar-refractivity contribution in [3.8, 4) is 0 Å². The molecule has 5 heteroatoms. The summed E-state index contributed by atoms with van der Waals surface area (Å²) in [7, 11) is 0. The Morgan fingerprint density at radius 2 is 2.05 bits per heavy atom. The van der Waals surface area contributed by atoms with Gasteiger partial charge in [0.25, 0.3) is 0 Å². The first-order valence-corrected chi connectivity index (χ1v) is 6.79. The Balaban J connectivity index is 1.91. The van der Waals surface area contributed by atoms with E-state index in [0.29, 0.717) is 0 Å². The summed E-state index contributed by atoms with van der Waals surface area (Å²) < 4.78 is 1.73. The van der Waals surface area contributed by atoms with Gasteiger partial charge in [-0.2, -0.15) is 9.61 Å². The Hall–Kier alpha value is -2.66. The standard InChI is InChI=1S/C16H14N4O/c1-10-7-14-17-9-12-8-13(11-5-3-2-4-6-11)16(21)18-15(12)20(14)19-10/h2-9,16,18,21H,1H3. The van der Waals surface area contributed by atoms with Gasteiger partial charge in [0, 0.05) is 23.4 Å². The van der Waals surface area contributed by atoms with Crippen LogP contribution in [0.15, 0.2) is 42.6 Å². The smallest absolute Gasteiger partial charge is 0.157 e. The SMILES string of the molecule is Cc1cc2ncc3c(n2n1)NC(O)C(c1ccccc1)=C3. The quantitative estimate of drug-likeness (QED) is 0.717. The summed E-state index contributed by atoms with van der Waals surface area (Å²) in [6.07, 6.45) is 2.98. The van der Waals surface area contributed by atoms with E-state index in [0.717, 1.165) is 33.9 Å². The molecule has 3 aromatic rings. The molecule has 2 N–H and O–H groups in total. The number of fused-ring (bicyclic) bond motifs is 3. The zero-order chi connectivity index (χ0) is 14.4. The predicted molar refractivity (Wildman–Crippen MR) is 81.7 cm³/mol. The van der Waals surface area contributed by atoms with Crippen LogP contribution in [0.4, 0.5) is 5.82 Å². The van der Waals surface area contributed by atoms with Crippen molar-refractivity contribution < 1.29 is 5.11 Å². The second-order valence-corrected chi connectivity index (χ2v) is 5.13. The van der Waals surface area contributed by atoms with Crippen LogP contribution in [0.3, 0.4) is 0 Å². The topological polar surface area (TPSA) is 62.5 Å². The molecule has 2 aromatic heterocycles. The van der Waals surface area contributed by atoms with Crippen LogP contribution < -0.4 is 5.32 Å². The minimum atomic E-state index is -0.769. The van der Waals surface area contributed by atoms with Crippen LogP contribution >= 0.6 is 0 Å². The summed E-state index contributed by atoms with van der Waals surface area (Å²) in [6, 6.07) is 11.7. The summed E-state index contributed by atoms with van der Waals surface area (Å²) in [5, 5.41) is 17.9. The van der Waals surface area contributed by atoms with Gasteiger partial charge >= 0.3 is 0 Å². The van der Waals surface area contributed by atoms with Gasteiger partial charge in [-0.3, -0.25) is 0 Å². The third-order valence-corrected chi connectivity index (χ3v) is 3.62. The molecule has 5 nitrogen and oxygen atoms in total. The van der Waals surface area contributed by atoms with E-state index in [1.54, 1.807) is 10.7 Å². The third kappa shape index (κ3) is 1.90. The van der Waals surface area contributed by atoms with Crippen molar-refractivity contribution in [3.05, 3.63) is 59.4 Å². The Bertz CT molecular complexity index is 851. The number of nitrogens with zero attached hydrogens (tertiary/aromatic N) is 3. The molecule has 104 valence electrons. The molecule has 1 aromatic carbocycles. The van der Waals surface area contributed by atoms with E-state index in [2.05, 4.69) is 15.4 Å². The molecule has 1 unspecified atom stereocenters. The number of hydrogen-bond acceptors (Lipinski definition) is 4. The molecule has 0 saturated heterocycles. The Labute approximate surface area is 121 Å². The van der Waals surface area contributed by atoms with Crippen LogP contribution in [-0.4, -0.2) is 25.9 Å². The lowest BCUT2D eigenvalue weighted by Crippen LogP contribution is -2.26. The minimum absolute atomic E-state index is 0.764. The molecule has 1 atom stereocenters. The number of aliphatic hydroxyl groups excluding tert-OH is 1.